The number of carbonyl (C=O) groups is 13. The molecule has 3 aromatic rings. The summed E-state index contributed by atoms with van der Waals surface area (Å²) in [6.45, 7) is -1.08. The number of primary amides is 1. The van der Waals surface area contributed by atoms with Crippen LogP contribution in [0.25, 0.3) is 10.9 Å². The molecule has 3 rings (SSSR count). The zero-order chi connectivity index (χ0) is 60.7. The Morgan fingerprint density at radius 1 is 0.605 bits per heavy atom. The van der Waals surface area contributed by atoms with Crippen LogP contribution in [0.15, 0.2) is 54.7 Å². The first-order chi connectivity index (χ1) is 38.2. The molecule has 0 spiro atoms. The van der Waals surface area contributed by atoms with E-state index in [0.29, 0.717) is 27.1 Å². The van der Waals surface area contributed by atoms with E-state index in [1.807, 2.05) is 10.6 Å². The van der Waals surface area contributed by atoms with Gasteiger partial charge >= 0.3 is 17.9 Å². The van der Waals surface area contributed by atoms with Crippen LogP contribution in [0.1, 0.15) is 43.7 Å². The maximum Gasteiger partial charge on any atom is 0.327 e. The number of aromatic amines is 1. The third-order valence-electron chi connectivity index (χ3n) is 11.7. The summed E-state index contributed by atoms with van der Waals surface area (Å²) in [5.74, 6) is -17.0. The molecule has 0 bridgehead atoms. The number of carboxylic acid groups (broad SMARTS) is 3. The number of hydrogen-bond donors (Lipinski definition) is 19. The van der Waals surface area contributed by atoms with Gasteiger partial charge in [0.1, 0.15) is 48.3 Å². The Morgan fingerprint density at radius 3 is 1.70 bits per heavy atom. The van der Waals surface area contributed by atoms with Gasteiger partial charge in [-0.25, -0.2) is 4.79 Å². The number of benzene rings is 2. The van der Waals surface area contributed by atoms with Crippen LogP contribution >= 0.6 is 36.9 Å². The molecule has 442 valence electrons. The summed E-state index contributed by atoms with van der Waals surface area (Å²) in [5, 5.41) is 70.1. The average Bonchev–Trinajstić information content (AvgIpc) is 3.85. The number of halogens is 1. The molecular formula is C48H63ClN12O18S2. The lowest BCUT2D eigenvalue weighted by Gasteiger charge is -2.28. The number of aliphatic hydroxyl groups excluding tert-OH is 2. The molecule has 0 saturated carbocycles. The topological polar surface area (TPSA) is 499 Å². The molecule has 1 heterocycles. The number of thiol groups is 2. The average molecular weight is 1200 g/mol. The highest BCUT2D eigenvalue weighted by Gasteiger charge is 2.36. The van der Waals surface area contributed by atoms with Crippen molar-refractivity contribution in [1.82, 2.24) is 52.8 Å². The van der Waals surface area contributed by atoms with Crippen molar-refractivity contribution in [3.05, 3.63) is 70.9 Å². The Morgan fingerprint density at radius 2 is 1.14 bits per heavy atom. The summed E-state index contributed by atoms with van der Waals surface area (Å²) in [6, 6.07) is -2.69. The number of fused-ring (bicyclic) bond motifs is 1. The molecule has 0 fully saturated rings. The SMILES string of the molecule is C[C@@H](O)[C@H](NC(=O)[C@H](Cc1c[nH]c2ccccc12)NC(=O)[C@H](CCC(=O)O)NC(=O)[C@H](CO)NC(=O)[C@H](CC(N)=O)NC(=O)[C@H](CC(=O)O)NC(=O)CNC(=O)[C@H](Cc1ccc(Cl)cc1)NC(=O)[C@@H](N)CS)C(=O)N[C@@H](CS)C(=O)O. The summed E-state index contributed by atoms with van der Waals surface area (Å²) in [6.07, 6.45) is -4.36. The van der Waals surface area contributed by atoms with Gasteiger partial charge in [-0.2, -0.15) is 25.3 Å². The minimum Gasteiger partial charge on any atom is -0.481 e. The van der Waals surface area contributed by atoms with Crippen molar-refractivity contribution >= 4 is 125 Å². The van der Waals surface area contributed by atoms with Gasteiger partial charge in [-0.3, -0.25) is 57.5 Å². The zero-order valence-electron chi connectivity index (χ0n) is 43.0. The monoisotopic (exact) mass is 1190 g/mol. The van der Waals surface area contributed by atoms with Gasteiger partial charge in [-0.05, 0) is 42.7 Å². The second-order valence-corrected chi connectivity index (χ2v) is 19.2. The minimum absolute atomic E-state index is 0.0915. The highest BCUT2D eigenvalue weighted by molar-refractivity contribution is 7.80. The number of amides is 10. The number of H-pyrrole nitrogens is 1. The summed E-state index contributed by atoms with van der Waals surface area (Å²) in [5.41, 5.74) is 12.6. The summed E-state index contributed by atoms with van der Waals surface area (Å²) in [4.78, 5) is 172. The van der Waals surface area contributed by atoms with Gasteiger partial charge in [0.2, 0.25) is 59.1 Å². The van der Waals surface area contributed by atoms with E-state index in [1.165, 1.54) is 18.3 Å². The first-order valence-electron chi connectivity index (χ1n) is 24.4. The summed E-state index contributed by atoms with van der Waals surface area (Å²) < 4.78 is 0. The summed E-state index contributed by atoms with van der Waals surface area (Å²) in [7, 11) is 0. The van der Waals surface area contributed by atoms with Crippen molar-refractivity contribution in [1.29, 1.82) is 0 Å². The number of para-hydroxylation sites is 1. The third kappa shape index (κ3) is 22.2. The molecule has 0 radical (unpaired) electrons. The molecule has 10 atom stereocenters. The molecule has 81 heavy (non-hydrogen) atoms. The molecule has 33 heteroatoms. The van der Waals surface area contributed by atoms with E-state index < -0.39 is 176 Å². The molecular weight excluding hydrogens is 1130 g/mol. The molecule has 0 aliphatic heterocycles. The quantitative estimate of drug-likeness (QED) is 0.0248. The van der Waals surface area contributed by atoms with Crippen molar-refractivity contribution in [3.63, 3.8) is 0 Å². The van der Waals surface area contributed by atoms with Crippen LogP contribution in [0.2, 0.25) is 5.02 Å². The number of carboxylic acids is 3. The maximum absolute atomic E-state index is 14.1. The van der Waals surface area contributed by atoms with Crippen LogP contribution in [-0.4, -0.2) is 193 Å². The fraction of sp³-hybridized carbons (Fsp3) is 0.438. The van der Waals surface area contributed by atoms with Crippen molar-refractivity contribution in [3.8, 4) is 0 Å². The summed E-state index contributed by atoms with van der Waals surface area (Å²) >= 11 is 13.8. The lowest BCUT2D eigenvalue weighted by Crippen LogP contribution is -2.62. The van der Waals surface area contributed by atoms with Gasteiger partial charge in [-0.15, -0.1) is 0 Å². The zero-order valence-corrected chi connectivity index (χ0v) is 45.6. The first kappa shape index (κ1) is 67.2. The minimum atomic E-state index is -2.08. The van der Waals surface area contributed by atoms with E-state index >= 15 is 0 Å². The molecule has 1 aromatic heterocycles. The van der Waals surface area contributed by atoms with Crippen molar-refractivity contribution in [2.24, 2.45) is 11.5 Å². The van der Waals surface area contributed by atoms with Gasteiger partial charge in [-0.1, -0.05) is 41.9 Å². The first-order valence-corrected chi connectivity index (χ1v) is 26.0. The Bertz CT molecular complexity index is 2790. The van der Waals surface area contributed by atoms with Gasteiger partial charge in [0.05, 0.1) is 38.1 Å². The fourth-order valence-corrected chi connectivity index (χ4v) is 7.95. The Balaban J connectivity index is 1.83. The standard InChI is InChI=1S/C48H63ClN12O18S2/c1-21(63)39(47(77)60-34(20-81)48(78)79)61-45(75)30(13-23-16-52-27-5-3-2-4-25(23)27)57-42(72)28(10-11-37(66)67)55-46(76)33(18-62)59-43(73)31(14-35(51)64)58-44(74)32(15-38(68)69)54-36(65)17-53-41(71)29(56-40(70)26(50)19-80)12-22-6-8-24(49)9-7-22/h2-9,16,21,26,28-34,39,52,62-63,80-81H,10-15,17-20,50H2,1H3,(H2,51,64)(H,53,71)(H,54,65)(H,55,76)(H,56,70)(H,57,72)(H,58,74)(H,59,73)(H,60,77)(H,61,75)(H,66,67)(H,68,69)(H,78,79)/t21-,26+,28+,29+,30+,31+,32+,33+,34+,39+/m1/s1. The predicted octanol–water partition coefficient (Wildman–Crippen LogP) is -5.54. The van der Waals surface area contributed by atoms with Crippen LogP contribution in [-0.2, 0) is 75.2 Å². The van der Waals surface area contributed by atoms with Gasteiger partial charge in [0, 0.05) is 52.9 Å². The number of nitrogens with two attached hydrogens (primary N) is 2. The lowest BCUT2D eigenvalue weighted by atomic mass is 10.0. The second-order valence-electron chi connectivity index (χ2n) is 18.0. The largest absolute Gasteiger partial charge is 0.481 e. The van der Waals surface area contributed by atoms with E-state index in [-0.39, 0.29) is 24.3 Å². The van der Waals surface area contributed by atoms with E-state index in [1.54, 1.807) is 36.4 Å². The van der Waals surface area contributed by atoms with Crippen molar-refractivity contribution < 1.29 is 87.9 Å². The smallest absolute Gasteiger partial charge is 0.327 e. The number of aliphatic carboxylic acids is 3. The number of aliphatic hydroxyl groups is 2. The molecule has 0 aliphatic rings. The Kier molecular flexibility index (Phi) is 27.3. The van der Waals surface area contributed by atoms with E-state index in [9.17, 15) is 87.9 Å². The molecule has 2 aromatic carbocycles. The molecule has 0 unspecified atom stereocenters. The van der Waals surface area contributed by atoms with E-state index in [0.717, 1.165) is 6.92 Å². The molecule has 0 aliphatic carbocycles. The van der Waals surface area contributed by atoms with Crippen LogP contribution < -0.4 is 59.3 Å². The Hall–Kier alpha value is -8.04. The number of aromatic nitrogens is 1. The van der Waals surface area contributed by atoms with E-state index in [2.05, 4.69) is 67.5 Å². The Labute approximate surface area is 476 Å². The lowest BCUT2D eigenvalue weighted by molar-refractivity contribution is -0.142. The highest BCUT2D eigenvalue weighted by Crippen LogP contribution is 2.20. The predicted molar refractivity (Wildman–Crippen MR) is 291 cm³/mol. The van der Waals surface area contributed by atoms with Crippen molar-refractivity contribution in [2.75, 3.05) is 24.7 Å². The number of rotatable bonds is 34. The van der Waals surface area contributed by atoms with Crippen LogP contribution in [0, 0.1) is 0 Å². The van der Waals surface area contributed by atoms with Crippen LogP contribution in [0.4, 0.5) is 0 Å². The second kappa shape index (κ2) is 32.9. The molecule has 30 nitrogen and oxygen atoms in total. The van der Waals surface area contributed by atoms with E-state index in [4.69, 9.17) is 23.1 Å². The molecule has 10 amide bonds. The fourth-order valence-electron chi connectivity index (χ4n) is 7.41. The van der Waals surface area contributed by atoms with Gasteiger partial charge < -0.3 is 89.8 Å². The molecule has 0 saturated heterocycles. The van der Waals surface area contributed by atoms with Gasteiger partial charge in [0.15, 0.2) is 0 Å². The van der Waals surface area contributed by atoms with Crippen molar-refractivity contribution in [2.45, 2.75) is 106 Å². The third-order valence-corrected chi connectivity index (χ3v) is 12.7. The number of carbonyl (C=O) groups excluding carboxylic acids is 10. The molecule has 19 N–H and O–H groups in total. The normalized spacial score (nSPS) is 14.7. The number of hydrogen-bond acceptors (Lipinski definition) is 18. The van der Waals surface area contributed by atoms with Gasteiger partial charge in [0.25, 0.3) is 0 Å². The van der Waals surface area contributed by atoms with Crippen LogP contribution in [0.3, 0.4) is 0 Å². The number of nitrogens with one attached hydrogen (secondary N) is 10. The van der Waals surface area contributed by atoms with Crippen LogP contribution in [0.5, 0.6) is 0 Å². The highest BCUT2D eigenvalue weighted by atomic mass is 35.5. The maximum atomic E-state index is 14.1.